The summed E-state index contributed by atoms with van der Waals surface area (Å²) in [6.07, 6.45) is 0. The summed E-state index contributed by atoms with van der Waals surface area (Å²) < 4.78 is 34.0. The van der Waals surface area contributed by atoms with Crippen LogP contribution in [0.1, 0.15) is 31.9 Å². The number of benzene rings is 2. The average Bonchev–Trinajstić information content (AvgIpc) is 2.59. The van der Waals surface area contributed by atoms with Crippen molar-refractivity contribution in [3.05, 3.63) is 59.7 Å². The molecule has 0 aliphatic carbocycles. The molecule has 1 N–H and O–H groups in total. The van der Waals surface area contributed by atoms with E-state index in [0.29, 0.717) is 17.9 Å². The topological polar surface area (TPSA) is 55.4 Å². The largest absolute Gasteiger partial charge is 0.406 e. The van der Waals surface area contributed by atoms with Gasteiger partial charge < -0.3 is 4.43 Å². The van der Waals surface area contributed by atoms with Gasteiger partial charge in [0.05, 0.1) is 17.2 Å². The quantitative estimate of drug-likeness (QED) is 0.541. The minimum atomic E-state index is -3.67. The van der Waals surface area contributed by atoms with E-state index in [4.69, 9.17) is 4.43 Å². The number of para-hydroxylation sites is 1. The average molecular weight is 416 g/mol. The van der Waals surface area contributed by atoms with Gasteiger partial charge in [-0.2, -0.15) is 0 Å². The molecule has 2 aromatic carbocycles. The Bertz CT molecular complexity index is 979. The zero-order valence-electron chi connectivity index (χ0n) is 17.5. The lowest BCUT2D eigenvalue weighted by molar-refractivity contribution is 0.334. The van der Waals surface area contributed by atoms with Crippen LogP contribution in [0.3, 0.4) is 0 Å². The van der Waals surface area contributed by atoms with Crippen molar-refractivity contribution in [2.45, 2.75) is 50.7 Å². The Labute approximate surface area is 170 Å². The van der Waals surface area contributed by atoms with Gasteiger partial charge in [0.25, 0.3) is 10.0 Å². The number of hydrogen-bond acceptors (Lipinski definition) is 3. The molecule has 0 saturated heterocycles. The Morgan fingerprint density at radius 3 is 2.25 bits per heavy atom. The standard InChI is InChI=1S/C22H29NO3SSi/c1-18-13-15-20(16-14-18)27(24,25)23-21-12-8-7-10-19(21)11-9-17-26-28(5,6)22(2,3)4/h7-8,10,12-16,23H,17H2,1-6H3. The summed E-state index contributed by atoms with van der Waals surface area (Å²) in [7, 11) is -5.53. The third-order valence-corrected chi connectivity index (χ3v) is 10.9. The molecule has 0 aliphatic heterocycles. The van der Waals surface area contributed by atoms with Gasteiger partial charge >= 0.3 is 0 Å². The Hall–Kier alpha value is -2.07. The van der Waals surface area contributed by atoms with E-state index in [1.165, 1.54) is 0 Å². The van der Waals surface area contributed by atoms with Gasteiger partial charge in [-0.05, 0) is 49.3 Å². The Kier molecular flexibility index (Phi) is 6.76. The minimum Gasteiger partial charge on any atom is -0.406 e. The van der Waals surface area contributed by atoms with Gasteiger partial charge in [-0.3, -0.25) is 4.72 Å². The highest BCUT2D eigenvalue weighted by Crippen LogP contribution is 2.36. The van der Waals surface area contributed by atoms with Gasteiger partial charge in [0, 0.05) is 5.56 Å². The van der Waals surface area contributed by atoms with E-state index in [1.807, 2.05) is 13.0 Å². The second-order valence-corrected chi connectivity index (χ2v) is 14.8. The van der Waals surface area contributed by atoms with Gasteiger partial charge in [0.2, 0.25) is 0 Å². The summed E-state index contributed by atoms with van der Waals surface area (Å²) in [6.45, 7) is 13.2. The van der Waals surface area contributed by atoms with Crippen molar-refractivity contribution in [3.8, 4) is 11.8 Å². The molecule has 6 heteroatoms. The molecule has 2 rings (SSSR count). The number of anilines is 1. The molecular formula is C22H29NO3SSi. The van der Waals surface area contributed by atoms with Gasteiger partial charge in [-0.1, -0.05) is 62.4 Å². The number of hydrogen-bond donors (Lipinski definition) is 1. The SMILES string of the molecule is Cc1ccc(S(=O)(=O)Nc2ccccc2C#CCO[Si](C)(C)C(C)(C)C)cc1. The fourth-order valence-corrected chi connectivity index (χ4v) is 4.11. The van der Waals surface area contributed by atoms with E-state index >= 15 is 0 Å². The van der Waals surface area contributed by atoms with Crippen LogP contribution >= 0.6 is 0 Å². The van der Waals surface area contributed by atoms with Crippen LogP contribution in [0.15, 0.2) is 53.4 Å². The van der Waals surface area contributed by atoms with E-state index in [9.17, 15) is 8.42 Å². The second-order valence-electron chi connectivity index (χ2n) is 8.31. The molecule has 2 aromatic rings. The van der Waals surface area contributed by atoms with Crippen LogP contribution in [-0.2, 0) is 14.4 Å². The maximum Gasteiger partial charge on any atom is 0.261 e. The minimum absolute atomic E-state index is 0.121. The van der Waals surface area contributed by atoms with Crippen molar-refractivity contribution in [1.82, 2.24) is 0 Å². The summed E-state index contributed by atoms with van der Waals surface area (Å²) in [5.74, 6) is 6.07. The lowest BCUT2D eigenvalue weighted by atomic mass is 10.2. The smallest absolute Gasteiger partial charge is 0.261 e. The van der Waals surface area contributed by atoms with Gasteiger partial charge in [-0.15, -0.1) is 0 Å². The molecule has 28 heavy (non-hydrogen) atoms. The summed E-state index contributed by atoms with van der Waals surface area (Å²) >= 11 is 0. The van der Waals surface area contributed by atoms with Crippen LogP contribution in [0.4, 0.5) is 5.69 Å². The summed E-state index contributed by atoms with van der Waals surface area (Å²) in [6, 6.07) is 13.9. The summed E-state index contributed by atoms with van der Waals surface area (Å²) in [5.41, 5.74) is 2.09. The highest BCUT2D eigenvalue weighted by atomic mass is 32.2. The predicted octanol–water partition coefficient (Wildman–Crippen LogP) is 5.17. The molecule has 0 atom stereocenters. The zero-order chi connectivity index (χ0) is 21.0. The first kappa shape index (κ1) is 22.2. The monoisotopic (exact) mass is 415 g/mol. The predicted molar refractivity (Wildman–Crippen MR) is 118 cm³/mol. The molecule has 0 unspecified atom stereocenters. The number of aryl methyl sites for hydroxylation is 1. The van der Waals surface area contributed by atoms with Crippen molar-refractivity contribution in [3.63, 3.8) is 0 Å². The van der Waals surface area contributed by atoms with Gasteiger partial charge in [0.1, 0.15) is 0 Å². The van der Waals surface area contributed by atoms with Gasteiger partial charge in [0.15, 0.2) is 8.32 Å². The van der Waals surface area contributed by atoms with E-state index in [0.717, 1.165) is 5.56 Å². The fraction of sp³-hybridized carbons (Fsp3) is 0.364. The van der Waals surface area contributed by atoms with Crippen LogP contribution < -0.4 is 4.72 Å². The molecule has 0 amide bonds. The summed E-state index contributed by atoms with van der Waals surface area (Å²) in [4.78, 5) is 0.224. The van der Waals surface area contributed by atoms with E-state index in [-0.39, 0.29) is 9.93 Å². The highest BCUT2D eigenvalue weighted by Gasteiger charge is 2.36. The number of nitrogens with one attached hydrogen (secondary N) is 1. The zero-order valence-corrected chi connectivity index (χ0v) is 19.3. The molecular weight excluding hydrogens is 386 g/mol. The van der Waals surface area contributed by atoms with E-state index in [1.54, 1.807) is 42.5 Å². The first-order valence-electron chi connectivity index (χ1n) is 9.24. The third-order valence-electron chi connectivity index (χ3n) is 5.04. The normalized spacial score (nSPS) is 12.2. The molecule has 0 radical (unpaired) electrons. The number of rotatable bonds is 5. The molecule has 0 aliphatic rings. The summed E-state index contributed by atoms with van der Waals surface area (Å²) in [5, 5.41) is 0.121. The highest BCUT2D eigenvalue weighted by molar-refractivity contribution is 7.92. The molecule has 4 nitrogen and oxygen atoms in total. The van der Waals surface area contributed by atoms with Crippen molar-refractivity contribution >= 4 is 24.0 Å². The fourth-order valence-electron chi connectivity index (χ4n) is 2.17. The first-order chi connectivity index (χ1) is 12.9. The molecule has 0 saturated carbocycles. The van der Waals surface area contributed by atoms with Crippen LogP contribution in [0, 0.1) is 18.8 Å². The molecule has 0 aromatic heterocycles. The van der Waals surface area contributed by atoms with Crippen molar-refractivity contribution in [2.24, 2.45) is 0 Å². The molecule has 0 heterocycles. The van der Waals surface area contributed by atoms with E-state index in [2.05, 4.69) is 50.4 Å². The van der Waals surface area contributed by atoms with E-state index < -0.39 is 18.3 Å². The third kappa shape index (κ3) is 5.71. The van der Waals surface area contributed by atoms with Gasteiger partial charge in [-0.25, -0.2) is 8.42 Å². The molecule has 0 bridgehead atoms. The van der Waals surface area contributed by atoms with Crippen molar-refractivity contribution < 1.29 is 12.8 Å². The molecule has 0 spiro atoms. The van der Waals surface area contributed by atoms with Crippen LogP contribution in [-0.4, -0.2) is 23.3 Å². The first-order valence-corrected chi connectivity index (χ1v) is 13.6. The Morgan fingerprint density at radius 2 is 1.64 bits per heavy atom. The molecule has 0 fully saturated rings. The maximum absolute atomic E-state index is 12.7. The van der Waals surface area contributed by atoms with Crippen LogP contribution in [0.25, 0.3) is 0 Å². The van der Waals surface area contributed by atoms with Crippen LogP contribution in [0.5, 0.6) is 0 Å². The van der Waals surface area contributed by atoms with Crippen molar-refractivity contribution in [2.75, 3.05) is 11.3 Å². The Balaban J connectivity index is 2.17. The number of sulfonamides is 1. The lowest BCUT2D eigenvalue weighted by Gasteiger charge is -2.35. The second kappa shape index (κ2) is 8.52. The Morgan fingerprint density at radius 1 is 1.04 bits per heavy atom. The van der Waals surface area contributed by atoms with Crippen LogP contribution in [0.2, 0.25) is 18.1 Å². The lowest BCUT2D eigenvalue weighted by Crippen LogP contribution is -2.40. The van der Waals surface area contributed by atoms with Crippen molar-refractivity contribution in [1.29, 1.82) is 0 Å². The maximum atomic E-state index is 12.7. The molecule has 150 valence electrons.